The first kappa shape index (κ1) is 14.2. The molecule has 1 aliphatic carbocycles. The fraction of sp³-hybridized carbons (Fsp3) is 0.467. The Balaban J connectivity index is 1.95. The van der Waals surface area contributed by atoms with Crippen molar-refractivity contribution < 1.29 is 4.79 Å². The Morgan fingerprint density at radius 1 is 1.52 bits per heavy atom. The maximum Gasteiger partial charge on any atom is 0.246 e. The average Bonchev–Trinajstić information content (AvgIpc) is 3.24. The van der Waals surface area contributed by atoms with Crippen LogP contribution in [0.2, 0.25) is 5.02 Å². The standard InChI is InChI=1S/C15H17ClN4O/c1-18-14-10-7-11(16)13(8-12(10)19-15(14)21)20(6-2-5-17)9-3-4-9/h7-9,14,18H,2-4,6H2,1H3,(H,19,21). The largest absolute Gasteiger partial charge is 0.366 e. The molecule has 2 aliphatic rings. The van der Waals surface area contributed by atoms with E-state index >= 15 is 0 Å². The van der Waals surface area contributed by atoms with Crippen LogP contribution >= 0.6 is 11.6 Å². The highest BCUT2D eigenvalue weighted by Crippen LogP contribution is 2.42. The van der Waals surface area contributed by atoms with E-state index in [1.807, 2.05) is 12.1 Å². The highest BCUT2D eigenvalue weighted by Gasteiger charge is 2.34. The number of hydrogen-bond donors (Lipinski definition) is 2. The van der Waals surface area contributed by atoms with Gasteiger partial charge in [-0.2, -0.15) is 5.26 Å². The van der Waals surface area contributed by atoms with Crippen LogP contribution in [0.15, 0.2) is 12.1 Å². The number of likely N-dealkylation sites (N-methyl/N-ethyl adjacent to an activating group) is 1. The van der Waals surface area contributed by atoms with Crippen LogP contribution < -0.4 is 15.5 Å². The summed E-state index contributed by atoms with van der Waals surface area (Å²) in [7, 11) is 1.75. The number of fused-ring (bicyclic) bond motifs is 1. The third-order valence-electron chi connectivity index (χ3n) is 4.00. The van der Waals surface area contributed by atoms with Crippen LogP contribution in [0, 0.1) is 11.3 Å². The maximum atomic E-state index is 11.9. The summed E-state index contributed by atoms with van der Waals surface area (Å²) in [6.07, 6.45) is 2.73. The minimum Gasteiger partial charge on any atom is -0.366 e. The van der Waals surface area contributed by atoms with Gasteiger partial charge in [0.25, 0.3) is 0 Å². The summed E-state index contributed by atoms with van der Waals surface area (Å²) < 4.78 is 0. The Labute approximate surface area is 128 Å². The lowest BCUT2D eigenvalue weighted by atomic mass is 10.1. The van der Waals surface area contributed by atoms with Gasteiger partial charge in [-0.05, 0) is 32.0 Å². The van der Waals surface area contributed by atoms with Crippen molar-refractivity contribution in [2.45, 2.75) is 31.3 Å². The van der Waals surface area contributed by atoms with E-state index in [4.69, 9.17) is 16.9 Å². The van der Waals surface area contributed by atoms with Crippen LogP contribution in [0.5, 0.6) is 0 Å². The molecule has 0 saturated heterocycles. The minimum atomic E-state index is -0.347. The van der Waals surface area contributed by atoms with E-state index in [-0.39, 0.29) is 11.9 Å². The van der Waals surface area contributed by atoms with Crippen molar-refractivity contribution in [2.24, 2.45) is 0 Å². The lowest BCUT2D eigenvalue weighted by molar-refractivity contribution is -0.117. The molecule has 1 aromatic carbocycles. The number of hydrogen-bond acceptors (Lipinski definition) is 4. The fourth-order valence-corrected chi connectivity index (χ4v) is 3.11. The number of benzene rings is 1. The third-order valence-corrected chi connectivity index (χ3v) is 4.30. The second kappa shape index (κ2) is 5.55. The van der Waals surface area contributed by atoms with E-state index in [0.29, 0.717) is 24.0 Å². The number of rotatable bonds is 5. The number of nitrogens with zero attached hydrogens (tertiary/aromatic N) is 2. The highest BCUT2D eigenvalue weighted by molar-refractivity contribution is 6.33. The first-order valence-corrected chi connectivity index (χ1v) is 7.48. The molecule has 2 N–H and O–H groups in total. The molecule has 1 saturated carbocycles. The summed E-state index contributed by atoms with van der Waals surface area (Å²) in [4.78, 5) is 14.1. The number of carbonyl (C=O) groups excluding carboxylic acids is 1. The smallest absolute Gasteiger partial charge is 0.246 e. The third kappa shape index (κ3) is 2.57. The van der Waals surface area contributed by atoms with Crippen molar-refractivity contribution >= 4 is 28.9 Å². The van der Waals surface area contributed by atoms with Crippen molar-refractivity contribution in [2.75, 3.05) is 23.8 Å². The van der Waals surface area contributed by atoms with Gasteiger partial charge in [-0.25, -0.2) is 0 Å². The predicted octanol–water partition coefficient (Wildman–Crippen LogP) is 2.44. The summed E-state index contributed by atoms with van der Waals surface area (Å²) >= 11 is 6.43. The van der Waals surface area contributed by atoms with Gasteiger partial charge in [0.15, 0.2) is 0 Å². The normalized spacial score (nSPS) is 19.9. The quantitative estimate of drug-likeness (QED) is 0.876. The molecule has 5 nitrogen and oxygen atoms in total. The van der Waals surface area contributed by atoms with Crippen molar-refractivity contribution in [3.05, 3.63) is 22.7 Å². The first-order chi connectivity index (χ1) is 10.2. The fourth-order valence-electron chi connectivity index (χ4n) is 2.83. The van der Waals surface area contributed by atoms with Crippen molar-refractivity contribution in [3.8, 4) is 6.07 Å². The molecular formula is C15H17ClN4O. The molecule has 1 unspecified atom stereocenters. The van der Waals surface area contributed by atoms with E-state index in [0.717, 1.165) is 29.8 Å². The lowest BCUT2D eigenvalue weighted by Gasteiger charge is -2.25. The molecule has 0 bridgehead atoms. The van der Waals surface area contributed by atoms with Crippen molar-refractivity contribution in [1.29, 1.82) is 5.26 Å². The monoisotopic (exact) mass is 304 g/mol. The van der Waals surface area contributed by atoms with Crippen LogP contribution in [0.4, 0.5) is 11.4 Å². The van der Waals surface area contributed by atoms with E-state index in [9.17, 15) is 4.79 Å². The van der Waals surface area contributed by atoms with Crippen LogP contribution in [0.25, 0.3) is 0 Å². The van der Waals surface area contributed by atoms with Gasteiger partial charge in [-0.1, -0.05) is 11.6 Å². The molecule has 21 heavy (non-hydrogen) atoms. The lowest BCUT2D eigenvalue weighted by Crippen LogP contribution is -2.27. The molecule has 0 aromatic heterocycles. The molecule has 1 amide bonds. The van der Waals surface area contributed by atoms with Gasteiger partial charge in [0, 0.05) is 23.8 Å². The van der Waals surface area contributed by atoms with Crippen LogP contribution in [0.3, 0.4) is 0 Å². The number of carbonyl (C=O) groups is 1. The van der Waals surface area contributed by atoms with Crippen LogP contribution in [0.1, 0.15) is 30.9 Å². The molecule has 110 valence electrons. The summed E-state index contributed by atoms with van der Waals surface area (Å²) in [5.74, 6) is -0.0595. The van der Waals surface area contributed by atoms with E-state index < -0.39 is 0 Å². The van der Waals surface area contributed by atoms with Crippen molar-refractivity contribution in [3.63, 3.8) is 0 Å². The SMILES string of the molecule is CNC1C(=O)Nc2cc(N(CCC#N)C3CC3)c(Cl)cc21. The van der Waals surface area contributed by atoms with Crippen LogP contribution in [-0.2, 0) is 4.79 Å². The van der Waals surface area contributed by atoms with Gasteiger partial charge < -0.3 is 15.5 Å². The number of nitriles is 1. The predicted molar refractivity (Wildman–Crippen MR) is 82.5 cm³/mol. The summed E-state index contributed by atoms with van der Waals surface area (Å²) in [6.45, 7) is 0.670. The van der Waals surface area contributed by atoms with Gasteiger partial charge in [0.2, 0.25) is 5.91 Å². The van der Waals surface area contributed by atoms with Gasteiger partial charge in [-0.15, -0.1) is 0 Å². The number of nitrogens with one attached hydrogen (secondary N) is 2. The van der Waals surface area contributed by atoms with Gasteiger partial charge in [-0.3, -0.25) is 4.79 Å². The number of halogens is 1. The van der Waals surface area contributed by atoms with E-state index in [1.165, 1.54) is 0 Å². The Hall–Kier alpha value is -1.77. The molecular weight excluding hydrogens is 288 g/mol. The van der Waals surface area contributed by atoms with Crippen molar-refractivity contribution in [1.82, 2.24) is 5.32 Å². The van der Waals surface area contributed by atoms with Crippen LogP contribution in [-0.4, -0.2) is 25.5 Å². The molecule has 1 aromatic rings. The molecule has 0 spiro atoms. The Bertz CT molecular complexity index is 621. The topological polar surface area (TPSA) is 68.2 Å². The zero-order chi connectivity index (χ0) is 15.0. The molecule has 0 radical (unpaired) electrons. The summed E-state index contributed by atoms with van der Waals surface area (Å²) in [5.41, 5.74) is 2.60. The zero-order valence-electron chi connectivity index (χ0n) is 11.8. The van der Waals surface area contributed by atoms with Gasteiger partial charge >= 0.3 is 0 Å². The molecule has 6 heteroatoms. The molecule has 1 heterocycles. The second-order valence-electron chi connectivity index (χ2n) is 5.43. The maximum absolute atomic E-state index is 11.9. The number of amides is 1. The highest BCUT2D eigenvalue weighted by atomic mass is 35.5. The van der Waals surface area contributed by atoms with Gasteiger partial charge in [0.05, 0.1) is 23.2 Å². The minimum absolute atomic E-state index is 0.0595. The summed E-state index contributed by atoms with van der Waals surface area (Å²) in [5, 5.41) is 15.3. The molecule has 3 rings (SSSR count). The first-order valence-electron chi connectivity index (χ1n) is 7.11. The van der Waals surface area contributed by atoms with E-state index in [2.05, 4.69) is 21.6 Å². The summed E-state index contributed by atoms with van der Waals surface area (Å²) in [6, 6.07) is 6.09. The second-order valence-corrected chi connectivity index (χ2v) is 5.84. The molecule has 1 atom stereocenters. The van der Waals surface area contributed by atoms with E-state index in [1.54, 1.807) is 7.05 Å². The Kier molecular flexibility index (Phi) is 3.75. The Morgan fingerprint density at radius 2 is 2.29 bits per heavy atom. The molecule has 1 fully saturated rings. The average molecular weight is 305 g/mol. The Morgan fingerprint density at radius 3 is 2.90 bits per heavy atom. The molecule has 1 aliphatic heterocycles. The zero-order valence-corrected chi connectivity index (χ0v) is 12.6. The number of anilines is 2. The van der Waals surface area contributed by atoms with Gasteiger partial charge in [0.1, 0.15) is 6.04 Å².